The maximum atomic E-state index is 12.1. The number of imide groups is 1. The Kier molecular flexibility index (Phi) is 4.08. The highest BCUT2D eigenvalue weighted by atomic mass is 32.2. The van der Waals surface area contributed by atoms with E-state index in [1.807, 2.05) is 30.5 Å². The summed E-state index contributed by atoms with van der Waals surface area (Å²) in [6.07, 6.45) is 0.876. The van der Waals surface area contributed by atoms with Crippen LogP contribution in [0.15, 0.2) is 30.5 Å². The Bertz CT molecular complexity index is 755. The van der Waals surface area contributed by atoms with Crippen LogP contribution in [0.2, 0.25) is 0 Å². The van der Waals surface area contributed by atoms with Gasteiger partial charge in [0.2, 0.25) is 5.91 Å². The second kappa shape index (κ2) is 5.90. The summed E-state index contributed by atoms with van der Waals surface area (Å²) >= 11 is 0.980. The largest absolute Gasteiger partial charge is 0.490 e. The molecule has 1 aliphatic heterocycles. The SMILES string of the molecule is CC1(C)SC(=O)N(C[C@@H](O)COc2cccc3[nH]ccc23)C1=O. The molecule has 2 N–H and O–H groups in total. The van der Waals surface area contributed by atoms with Gasteiger partial charge >= 0.3 is 0 Å². The zero-order valence-corrected chi connectivity index (χ0v) is 13.7. The number of benzene rings is 1. The van der Waals surface area contributed by atoms with Crippen LogP contribution in [0.4, 0.5) is 4.79 Å². The molecule has 23 heavy (non-hydrogen) atoms. The van der Waals surface area contributed by atoms with Crippen LogP contribution in [0.1, 0.15) is 13.8 Å². The first-order valence-electron chi connectivity index (χ1n) is 7.30. The van der Waals surface area contributed by atoms with E-state index >= 15 is 0 Å². The fourth-order valence-corrected chi connectivity index (χ4v) is 3.42. The Balaban J connectivity index is 1.62. The number of aliphatic hydroxyl groups excluding tert-OH is 1. The van der Waals surface area contributed by atoms with Crippen molar-refractivity contribution in [3.05, 3.63) is 30.5 Å². The number of rotatable bonds is 5. The number of carbonyl (C=O) groups excluding carboxylic acids is 2. The number of hydrogen-bond donors (Lipinski definition) is 2. The molecule has 2 aromatic rings. The summed E-state index contributed by atoms with van der Waals surface area (Å²) in [5.41, 5.74) is 0.944. The van der Waals surface area contributed by atoms with Gasteiger partial charge in [0.1, 0.15) is 18.5 Å². The molecular weight excluding hydrogens is 316 g/mol. The first-order chi connectivity index (χ1) is 10.9. The summed E-state index contributed by atoms with van der Waals surface area (Å²) < 4.78 is 4.88. The third-order valence-electron chi connectivity index (χ3n) is 3.70. The molecule has 6 nitrogen and oxygen atoms in total. The summed E-state index contributed by atoms with van der Waals surface area (Å²) in [5, 5.41) is 10.7. The van der Waals surface area contributed by atoms with E-state index in [-0.39, 0.29) is 24.3 Å². The van der Waals surface area contributed by atoms with Gasteiger partial charge in [0.15, 0.2) is 0 Å². The Labute approximate surface area is 137 Å². The standard InChI is InChI=1S/C16H18N2O4S/c1-16(2)14(20)18(15(21)23-16)8-10(19)9-22-13-5-3-4-12-11(13)6-7-17-12/h3-7,10,17,19H,8-9H2,1-2H3/t10-/m1/s1. The van der Waals surface area contributed by atoms with E-state index in [0.29, 0.717) is 5.75 Å². The lowest BCUT2D eigenvalue weighted by Crippen LogP contribution is -2.41. The summed E-state index contributed by atoms with van der Waals surface area (Å²) in [7, 11) is 0. The Morgan fingerprint density at radius 3 is 2.83 bits per heavy atom. The molecule has 0 bridgehead atoms. The topological polar surface area (TPSA) is 82.6 Å². The average Bonchev–Trinajstić information content (AvgIpc) is 3.04. The number of aliphatic hydroxyl groups is 1. The van der Waals surface area contributed by atoms with E-state index in [1.165, 1.54) is 0 Å². The molecule has 1 aromatic carbocycles. The molecule has 1 saturated heterocycles. The summed E-state index contributed by atoms with van der Waals surface area (Å²) in [6.45, 7) is 3.35. The van der Waals surface area contributed by atoms with E-state index in [9.17, 15) is 14.7 Å². The maximum absolute atomic E-state index is 12.1. The van der Waals surface area contributed by atoms with Crippen molar-refractivity contribution in [3.8, 4) is 5.75 Å². The predicted molar refractivity (Wildman–Crippen MR) is 88.6 cm³/mol. The number of fused-ring (bicyclic) bond motifs is 1. The highest BCUT2D eigenvalue weighted by Crippen LogP contribution is 2.36. The van der Waals surface area contributed by atoms with Crippen LogP contribution in [-0.2, 0) is 4.79 Å². The molecule has 0 aliphatic carbocycles. The van der Waals surface area contributed by atoms with Crippen molar-refractivity contribution in [1.29, 1.82) is 0 Å². The zero-order chi connectivity index (χ0) is 16.6. The average molecular weight is 334 g/mol. The minimum absolute atomic E-state index is 0.00640. The molecule has 1 aliphatic rings. The number of nitrogens with zero attached hydrogens (tertiary/aromatic N) is 1. The lowest BCUT2D eigenvalue weighted by molar-refractivity contribution is -0.130. The number of aromatic amines is 1. The zero-order valence-electron chi connectivity index (χ0n) is 12.9. The van der Waals surface area contributed by atoms with Gasteiger partial charge in [-0.2, -0.15) is 0 Å². The molecule has 0 spiro atoms. The molecule has 7 heteroatoms. The third kappa shape index (κ3) is 3.07. The summed E-state index contributed by atoms with van der Waals surface area (Å²) in [6, 6.07) is 7.49. The van der Waals surface area contributed by atoms with Crippen LogP contribution in [-0.4, -0.2) is 50.1 Å². The van der Waals surface area contributed by atoms with Gasteiger partial charge in [-0.3, -0.25) is 14.5 Å². The van der Waals surface area contributed by atoms with Crippen LogP contribution in [0.5, 0.6) is 5.75 Å². The van der Waals surface area contributed by atoms with Crippen molar-refractivity contribution >= 4 is 33.8 Å². The van der Waals surface area contributed by atoms with Gasteiger partial charge in [-0.15, -0.1) is 0 Å². The Morgan fingerprint density at radius 1 is 1.35 bits per heavy atom. The number of β-amino-alcohol motifs (C(OH)–C–C–N with tert-alkyl or cyclic N) is 1. The minimum Gasteiger partial charge on any atom is -0.490 e. The van der Waals surface area contributed by atoms with Crippen LogP contribution in [0.25, 0.3) is 10.9 Å². The fourth-order valence-electron chi connectivity index (χ4n) is 2.51. The van der Waals surface area contributed by atoms with Crippen LogP contribution in [0, 0.1) is 0 Å². The van der Waals surface area contributed by atoms with Crippen molar-refractivity contribution < 1.29 is 19.4 Å². The second-order valence-electron chi connectivity index (χ2n) is 5.95. The first kappa shape index (κ1) is 15.9. The molecule has 1 fully saturated rings. The quantitative estimate of drug-likeness (QED) is 0.877. The first-order valence-corrected chi connectivity index (χ1v) is 8.12. The molecule has 2 heterocycles. The summed E-state index contributed by atoms with van der Waals surface area (Å²) in [4.78, 5) is 28.2. The Morgan fingerprint density at radius 2 is 2.13 bits per heavy atom. The molecular formula is C16H18N2O4S. The molecule has 2 amide bonds. The van der Waals surface area contributed by atoms with Crippen molar-refractivity contribution in [2.24, 2.45) is 0 Å². The molecule has 1 aromatic heterocycles. The van der Waals surface area contributed by atoms with E-state index in [0.717, 1.165) is 27.6 Å². The highest BCUT2D eigenvalue weighted by Gasteiger charge is 2.46. The minimum atomic E-state index is -0.938. The number of aromatic nitrogens is 1. The number of H-pyrrole nitrogens is 1. The van der Waals surface area contributed by atoms with Gasteiger partial charge in [-0.25, -0.2) is 0 Å². The molecule has 0 radical (unpaired) electrons. The number of ether oxygens (including phenoxy) is 1. The van der Waals surface area contributed by atoms with Gasteiger partial charge in [0, 0.05) is 17.1 Å². The van der Waals surface area contributed by atoms with Crippen LogP contribution in [0.3, 0.4) is 0 Å². The van der Waals surface area contributed by atoms with E-state index in [1.54, 1.807) is 13.8 Å². The smallest absolute Gasteiger partial charge is 0.289 e. The van der Waals surface area contributed by atoms with Gasteiger partial charge in [0.05, 0.1) is 11.3 Å². The molecule has 1 atom stereocenters. The predicted octanol–water partition coefficient (Wildman–Crippen LogP) is 2.38. The van der Waals surface area contributed by atoms with Gasteiger partial charge in [-0.1, -0.05) is 6.07 Å². The Hall–Kier alpha value is -1.99. The van der Waals surface area contributed by atoms with Crippen molar-refractivity contribution in [1.82, 2.24) is 9.88 Å². The second-order valence-corrected chi connectivity index (χ2v) is 7.53. The highest BCUT2D eigenvalue weighted by molar-refractivity contribution is 8.16. The lowest BCUT2D eigenvalue weighted by atomic mass is 10.2. The van der Waals surface area contributed by atoms with Gasteiger partial charge in [-0.05, 0) is 43.8 Å². The third-order valence-corrected chi connectivity index (χ3v) is 4.78. The van der Waals surface area contributed by atoms with Crippen molar-refractivity contribution in [3.63, 3.8) is 0 Å². The molecule has 0 saturated carbocycles. The summed E-state index contributed by atoms with van der Waals surface area (Å²) in [5.74, 6) is 0.371. The van der Waals surface area contributed by atoms with E-state index in [4.69, 9.17) is 4.74 Å². The number of thioether (sulfide) groups is 1. The number of nitrogens with one attached hydrogen (secondary N) is 1. The fraction of sp³-hybridized carbons (Fsp3) is 0.375. The monoisotopic (exact) mass is 334 g/mol. The number of carbonyl (C=O) groups is 2. The van der Waals surface area contributed by atoms with Crippen LogP contribution >= 0.6 is 11.8 Å². The molecule has 3 rings (SSSR count). The van der Waals surface area contributed by atoms with Gasteiger partial charge in [0.25, 0.3) is 5.24 Å². The maximum Gasteiger partial charge on any atom is 0.289 e. The van der Waals surface area contributed by atoms with E-state index in [2.05, 4.69) is 4.98 Å². The number of amides is 2. The van der Waals surface area contributed by atoms with Gasteiger partial charge < -0.3 is 14.8 Å². The van der Waals surface area contributed by atoms with Crippen molar-refractivity contribution in [2.45, 2.75) is 24.7 Å². The molecule has 0 unspecified atom stereocenters. The van der Waals surface area contributed by atoms with Crippen LogP contribution < -0.4 is 4.74 Å². The van der Waals surface area contributed by atoms with Crippen molar-refractivity contribution in [2.75, 3.05) is 13.2 Å². The molecule has 122 valence electrons. The lowest BCUT2D eigenvalue weighted by Gasteiger charge is -2.20. The number of hydrogen-bond acceptors (Lipinski definition) is 5. The normalized spacial score (nSPS) is 18.7. The van der Waals surface area contributed by atoms with E-state index < -0.39 is 10.9 Å².